The predicted molar refractivity (Wildman–Crippen MR) is 92.5 cm³/mol. The zero-order valence-corrected chi connectivity index (χ0v) is 13.6. The second kappa shape index (κ2) is 7.16. The van der Waals surface area contributed by atoms with Crippen molar-refractivity contribution in [3.63, 3.8) is 0 Å². The Balaban J connectivity index is 1.65. The fourth-order valence-corrected chi connectivity index (χ4v) is 2.62. The van der Waals surface area contributed by atoms with Crippen molar-refractivity contribution in [3.05, 3.63) is 58.2 Å². The number of hydrogen-bond acceptors (Lipinski definition) is 5. The molecule has 0 aliphatic carbocycles. The van der Waals surface area contributed by atoms with E-state index in [1.165, 1.54) is 13.2 Å². The second-order valence-corrected chi connectivity index (χ2v) is 5.49. The Morgan fingerprint density at radius 3 is 2.88 bits per heavy atom. The number of H-pyrrole nitrogens is 1. The number of nitrogens with zero attached hydrogens (tertiary/aromatic N) is 2. The molecule has 0 unspecified atom stereocenters. The van der Waals surface area contributed by atoms with Gasteiger partial charge in [0.15, 0.2) is 0 Å². The number of nitro groups is 1. The number of fused-ring (bicyclic) bond motifs is 1. The summed E-state index contributed by atoms with van der Waals surface area (Å²) in [6.07, 6.45) is 1.34. The van der Waals surface area contributed by atoms with E-state index in [4.69, 9.17) is 4.74 Å². The summed E-state index contributed by atoms with van der Waals surface area (Å²) in [5, 5.41) is 14.0. The average Bonchev–Trinajstić information content (AvgIpc) is 3.00. The molecule has 1 heterocycles. The fourth-order valence-electron chi connectivity index (χ4n) is 2.62. The molecule has 0 aliphatic rings. The molecule has 0 aliphatic heterocycles. The minimum Gasteiger partial charge on any atom is -0.497 e. The SMILES string of the molecule is COc1cc(F)c([N+](=O)[O-])c(NCCCc2nc3ccccc3[nH]2)c1. The van der Waals surface area contributed by atoms with Gasteiger partial charge in [-0.3, -0.25) is 10.1 Å². The maximum absolute atomic E-state index is 13.9. The molecule has 0 atom stereocenters. The number of imidazole rings is 1. The largest absolute Gasteiger partial charge is 0.497 e. The van der Waals surface area contributed by atoms with Crippen LogP contribution in [0.2, 0.25) is 0 Å². The van der Waals surface area contributed by atoms with E-state index in [0.717, 1.165) is 22.9 Å². The van der Waals surface area contributed by atoms with Gasteiger partial charge in [-0.05, 0) is 18.6 Å². The minimum absolute atomic E-state index is 0.103. The quantitative estimate of drug-likeness (QED) is 0.387. The number of anilines is 1. The number of halogens is 1. The van der Waals surface area contributed by atoms with Crippen LogP contribution in [-0.4, -0.2) is 28.5 Å². The lowest BCUT2D eigenvalue weighted by Gasteiger charge is -2.09. The standard InChI is InChI=1S/C17H17FN4O3/c1-25-11-9-12(18)17(22(23)24)15(10-11)19-8-4-7-16-20-13-5-2-3-6-14(13)21-16/h2-3,5-6,9-10,19H,4,7-8H2,1H3,(H,20,21). The van der Waals surface area contributed by atoms with Crippen molar-refractivity contribution < 1.29 is 14.1 Å². The van der Waals surface area contributed by atoms with Crippen LogP contribution >= 0.6 is 0 Å². The Morgan fingerprint density at radius 1 is 1.36 bits per heavy atom. The summed E-state index contributed by atoms with van der Waals surface area (Å²) in [6, 6.07) is 10.1. The lowest BCUT2D eigenvalue weighted by molar-refractivity contribution is -0.386. The fraction of sp³-hybridized carbons (Fsp3) is 0.235. The first-order valence-corrected chi connectivity index (χ1v) is 7.78. The van der Waals surface area contributed by atoms with E-state index in [2.05, 4.69) is 15.3 Å². The Bertz CT molecular complexity index is 877. The van der Waals surface area contributed by atoms with Crippen molar-refractivity contribution in [2.75, 3.05) is 19.0 Å². The molecule has 25 heavy (non-hydrogen) atoms. The molecule has 7 nitrogen and oxygen atoms in total. The number of nitrogens with one attached hydrogen (secondary N) is 2. The van der Waals surface area contributed by atoms with E-state index in [1.54, 1.807) is 0 Å². The summed E-state index contributed by atoms with van der Waals surface area (Å²) >= 11 is 0. The van der Waals surface area contributed by atoms with Gasteiger partial charge in [-0.2, -0.15) is 4.39 Å². The van der Waals surface area contributed by atoms with Crippen LogP contribution in [0.3, 0.4) is 0 Å². The van der Waals surface area contributed by atoms with Crippen LogP contribution in [0.4, 0.5) is 15.8 Å². The summed E-state index contributed by atoms with van der Waals surface area (Å²) in [7, 11) is 1.38. The summed E-state index contributed by atoms with van der Waals surface area (Å²) in [5.74, 6) is 0.140. The number of rotatable bonds is 7. The van der Waals surface area contributed by atoms with Crippen LogP contribution in [0.15, 0.2) is 36.4 Å². The third-order valence-corrected chi connectivity index (χ3v) is 3.80. The van der Waals surface area contributed by atoms with E-state index < -0.39 is 16.4 Å². The molecule has 0 spiro atoms. The van der Waals surface area contributed by atoms with E-state index in [0.29, 0.717) is 19.4 Å². The summed E-state index contributed by atoms with van der Waals surface area (Å²) < 4.78 is 18.8. The van der Waals surface area contributed by atoms with Crippen LogP contribution in [-0.2, 0) is 6.42 Å². The van der Waals surface area contributed by atoms with Gasteiger partial charge >= 0.3 is 5.69 Å². The van der Waals surface area contributed by atoms with Gasteiger partial charge in [-0.15, -0.1) is 0 Å². The van der Waals surface area contributed by atoms with E-state index >= 15 is 0 Å². The molecule has 3 aromatic rings. The van der Waals surface area contributed by atoms with E-state index in [9.17, 15) is 14.5 Å². The van der Waals surface area contributed by atoms with Gasteiger partial charge < -0.3 is 15.0 Å². The van der Waals surface area contributed by atoms with Crippen molar-refractivity contribution in [1.82, 2.24) is 9.97 Å². The maximum Gasteiger partial charge on any atom is 0.327 e. The van der Waals surface area contributed by atoms with Gasteiger partial charge in [0.1, 0.15) is 17.3 Å². The van der Waals surface area contributed by atoms with Crippen LogP contribution in [0.1, 0.15) is 12.2 Å². The summed E-state index contributed by atoms with van der Waals surface area (Å²) in [4.78, 5) is 18.0. The highest BCUT2D eigenvalue weighted by Gasteiger charge is 2.21. The van der Waals surface area contributed by atoms with Gasteiger partial charge in [0.2, 0.25) is 5.82 Å². The van der Waals surface area contributed by atoms with Crippen LogP contribution in [0, 0.1) is 15.9 Å². The molecule has 0 fully saturated rings. The number of aryl methyl sites for hydroxylation is 1. The number of para-hydroxylation sites is 2. The average molecular weight is 344 g/mol. The highest BCUT2D eigenvalue weighted by atomic mass is 19.1. The molecule has 1 aromatic heterocycles. The van der Waals surface area contributed by atoms with E-state index in [-0.39, 0.29) is 11.4 Å². The van der Waals surface area contributed by atoms with Crippen molar-refractivity contribution in [2.24, 2.45) is 0 Å². The molecule has 0 bridgehead atoms. The first-order valence-electron chi connectivity index (χ1n) is 7.78. The molecule has 3 rings (SSSR count). The van der Waals surface area contributed by atoms with Gasteiger partial charge in [-0.1, -0.05) is 12.1 Å². The zero-order valence-electron chi connectivity index (χ0n) is 13.6. The van der Waals surface area contributed by atoms with Gasteiger partial charge in [-0.25, -0.2) is 4.98 Å². The number of ether oxygens (including phenoxy) is 1. The molecule has 0 amide bonds. The van der Waals surface area contributed by atoms with Crippen LogP contribution in [0.25, 0.3) is 11.0 Å². The first kappa shape index (κ1) is 16.7. The summed E-state index contributed by atoms with van der Waals surface area (Å²) in [6.45, 7) is 0.435. The van der Waals surface area contributed by atoms with Crippen LogP contribution < -0.4 is 10.1 Å². The third-order valence-electron chi connectivity index (χ3n) is 3.80. The molecule has 0 saturated heterocycles. The molecule has 0 saturated carbocycles. The van der Waals surface area contributed by atoms with E-state index in [1.807, 2.05) is 24.3 Å². The van der Waals surface area contributed by atoms with Crippen molar-refractivity contribution in [3.8, 4) is 5.75 Å². The number of benzene rings is 2. The van der Waals surface area contributed by atoms with Crippen molar-refractivity contribution >= 4 is 22.4 Å². The molecule has 2 aromatic carbocycles. The third kappa shape index (κ3) is 3.68. The predicted octanol–water partition coefficient (Wildman–Crippen LogP) is 3.66. The van der Waals surface area contributed by atoms with Crippen molar-refractivity contribution in [1.29, 1.82) is 0 Å². The van der Waals surface area contributed by atoms with Crippen molar-refractivity contribution in [2.45, 2.75) is 12.8 Å². The lowest BCUT2D eigenvalue weighted by atomic mass is 10.2. The lowest BCUT2D eigenvalue weighted by Crippen LogP contribution is -2.07. The summed E-state index contributed by atoms with van der Waals surface area (Å²) in [5.41, 5.74) is 1.39. The molecular weight excluding hydrogens is 327 g/mol. The normalized spacial score (nSPS) is 10.8. The monoisotopic (exact) mass is 344 g/mol. The number of methoxy groups -OCH3 is 1. The van der Waals surface area contributed by atoms with Gasteiger partial charge in [0, 0.05) is 25.1 Å². The number of aromatic nitrogens is 2. The van der Waals surface area contributed by atoms with Crippen LogP contribution in [0.5, 0.6) is 5.75 Å². The minimum atomic E-state index is -0.927. The Kier molecular flexibility index (Phi) is 4.78. The number of aromatic amines is 1. The number of hydrogen-bond donors (Lipinski definition) is 2. The molecule has 2 N–H and O–H groups in total. The molecule has 8 heteroatoms. The smallest absolute Gasteiger partial charge is 0.327 e. The Labute approximate surface area is 143 Å². The van der Waals surface area contributed by atoms with Gasteiger partial charge in [0.25, 0.3) is 0 Å². The molecule has 130 valence electrons. The molecule has 0 radical (unpaired) electrons. The Hall–Kier alpha value is -3.16. The topological polar surface area (TPSA) is 93.1 Å². The highest BCUT2D eigenvalue weighted by molar-refractivity contribution is 5.74. The number of nitro benzene ring substituents is 1. The second-order valence-electron chi connectivity index (χ2n) is 5.49. The zero-order chi connectivity index (χ0) is 17.8. The van der Waals surface area contributed by atoms with Gasteiger partial charge in [0.05, 0.1) is 23.1 Å². The molecular formula is C17H17FN4O3. The highest BCUT2D eigenvalue weighted by Crippen LogP contribution is 2.32. The first-order chi connectivity index (χ1) is 12.1. The Morgan fingerprint density at radius 2 is 2.16 bits per heavy atom. The maximum atomic E-state index is 13.9.